The van der Waals surface area contributed by atoms with E-state index in [0.29, 0.717) is 11.5 Å². The first-order valence-corrected chi connectivity index (χ1v) is 21.2. The lowest BCUT2D eigenvalue weighted by atomic mass is 9.98. The number of hydrogen-bond donors (Lipinski definition) is 1. The van der Waals surface area contributed by atoms with Gasteiger partial charge in [0.15, 0.2) is 5.75 Å². The predicted molar refractivity (Wildman–Crippen MR) is 202 cm³/mol. The molecule has 0 spiro atoms. The predicted octanol–water partition coefficient (Wildman–Crippen LogP) is 13.8. The molecule has 0 fully saturated rings. The molecule has 0 saturated heterocycles. The van der Waals surface area contributed by atoms with Crippen molar-refractivity contribution in [1.29, 1.82) is 0 Å². The highest BCUT2D eigenvalue weighted by Crippen LogP contribution is 2.36. The van der Waals surface area contributed by atoms with Gasteiger partial charge >= 0.3 is 0 Å². The topological polar surface area (TPSA) is 63.6 Å². The normalized spacial score (nSPS) is 11.7. The van der Waals surface area contributed by atoms with Gasteiger partial charge in [-0.2, -0.15) is 8.42 Å². The summed E-state index contributed by atoms with van der Waals surface area (Å²) in [6, 6.07) is 11.9. The Hall–Kier alpha value is -1.85. The van der Waals surface area contributed by atoms with Crippen molar-refractivity contribution in [3.63, 3.8) is 0 Å². The van der Waals surface area contributed by atoms with Gasteiger partial charge in [0.05, 0.1) is 0 Å². The highest BCUT2D eigenvalue weighted by molar-refractivity contribution is 7.86. The van der Waals surface area contributed by atoms with Crippen LogP contribution in [0.1, 0.15) is 192 Å². The van der Waals surface area contributed by atoms with E-state index in [1.165, 1.54) is 134 Å². The van der Waals surface area contributed by atoms with Crippen LogP contribution in [0.25, 0.3) is 0 Å². The van der Waals surface area contributed by atoms with Gasteiger partial charge in [-0.15, -0.1) is 0 Å². The summed E-state index contributed by atoms with van der Waals surface area (Å²) in [5, 5.41) is 0. The monoisotopic (exact) mass is 670 g/mol. The SMILES string of the molecule is CCCCCCCCCCc1ccc(Oc2c(CCCCCCCCCC)cc(CCCCCCCCCC)cc2S(=O)(=O)O)cc1. The molecule has 0 unspecified atom stereocenters. The number of aryl methyl sites for hydroxylation is 3. The first-order valence-electron chi connectivity index (χ1n) is 19.8. The Labute approximate surface area is 290 Å². The zero-order valence-corrected chi connectivity index (χ0v) is 31.5. The number of ether oxygens (including phenoxy) is 1. The van der Waals surface area contributed by atoms with Crippen molar-refractivity contribution >= 4 is 10.1 Å². The van der Waals surface area contributed by atoms with E-state index in [2.05, 4.69) is 39.0 Å². The molecular formula is C42H70O4S. The van der Waals surface area contributed by atoms with Crippen LogP contribution in [0.4, 0.5) is 0 Å². The summed E-state index contributed by atoms with van der Waals surface area (Å²) in [5.41, 5.74) is 3.15. The van der Waals surface area contributed by atoms with E-state index in [9.17, 15) is 13.0 Å². The third-order valence-electron chi connectivity index (χ3n) is 9.55. The van der Waals surface area contributed by atoms with E-state index < -0.39 is 10.1 Å². The van der Waals surface area contributed by atoms with E-state index in [4.69, 9.17) is 4.74 Å². The largest absolute Gasteiger partial charge is 0.456 e. The quantitative estimate of drug-likeness (QED) is 0.0663. The summed E-state index contributed by atoms with van der Waals surface area (Å²) in [7, 11) is -4.45. The van der Waals surface area contributed by atoms with Crippen molar-refractivity contribution in [2.75, 3.05) is 0 Å². The minimum Gasteiger partial charge on any atom is -0.456 e. The molecule has 2 aromatic rings. The molecule has 0 heterocycles. The maximum atomic E-state index is 12.7. The van der Waals surface area contributed by atoms with E-state index >= 15 is 0 Å². The Bertz CT molecular complexity index is 1160. The smallest absolute Gasteiger partial charge is 0.298 e. The summed E-state index contributed by atoms with van der Waals surface area (Å²) < 4.78 is 42.2. The van der Waals surface area contributed by atoms with Crippen LogP contribution in [-0.2, 0) is 29.4 Å². The molecule has 0 bridgehead atoms. The lowest BCUT2D eigenvalue weighted by Gasteiger charge is -2.17. The average molecular weight is 671 g/mol. The van der Waals surface area contributed by atoms with Crippen LogP contribution in [0.15, 0.2) is 41.3 Å². The Morgan fingerprint density at radius 3 is 1.30 bits per heavy atom. The Morgan fingerprint density at radius 2 is 0.872 bits per heavy atom. The summed E-state index contributed by atoms with van der Waals surface area (Å²) in [6.45, 7) is 6.75. The van der Waals surface area contributed by atoms with E-state index in [1.807, 2.05) is 12.1 Å². The Balaban J connectivity index is 2.07. The van der Waals surface area contributed by atoms with Crippen LogP contribution in [-0.4, -0.2) is 13.0 Å². The van der Waals surface area contributed by atoms with Gasteiger partial charge in [0.1, 0.15) is 10.6 Å². The van der Waals surface area contributed by atoms with Crippen LogP contribution in [0.5, 0.6) is 11.5 Å². The summed E-state index contributed by atoms with van der Waals surface area (Å²) in [6.07, 6.45) is 32.6. The van der Waals surface area contributed by atoms with Gasteiger partial charge in [0, 0.05) is 0 Å². The van der Waals surface area contributed by atoms with Gasteiger partial charge < -0.3 is 4.74 Å². The molecule has 2 rings (SSSR count). The van der Waals surface area contributed by atoms with Crippen molar-refractivity contribution in [1.82, 2.24) is 0 Å². The van der Waals surface area contributed by atoms with Gasteiger partial charge in [-0.25, -0.2) is 0 Å². The minimum atomic E-state index is -4.45. The molecule has 0 aromatic heterocycles. The van der Waals surface area contributed by atoms with Crippen LogP contribution < -0.4 is 4.74 Å². The summed E-state index contributed by atoms with van der Waals surface area (Å²) in [5.74, 6) is 0.911. The van der Waals surface area contributed by atoms with Crippen molar-refractivity contribution in [3.8, 4) is 11.5 Å². The number of rotatable bonds is 30. The van der Waals surface area contributed by atoms with Crippen molar-refractivity contribution in [2.45, 2.75) is 199 Å². The zero-order chi connectivity index (χ0) is 34.0. The second-order valence-corrected chi connectivity index (χ2v) is 15.4. The molecule has 2 aromatic carbocycles. The van der Waals surface area contributed by atoms with Gasteiger partial charge in [-0.1, -0.05) is 174 Å². The second-order valence-electron chi connectivity index (χ2n) is 14.0. The van der Waals surface area contributed by atoms with Crippen LogP contribution in [0.2, 0.25) is 0 Å². The molecule has 0 aliphatic rings. The summed E-state index contributed by atoms with van der Waals surface area (Å²) >= 11 is 0. The third kappa shape index (κ3) is 19.1. The average Bonchev–Trinajstić information content (AvgIpc) is 3.05. The van der Waals surface area contributed by atoms with Crippen LogP contribution in [0, 0.1) is 0 Å². The molecule has 0 saturated carbocycles. The lowest BCUT2D eigenvalue weighted by molar-refractivity contribution is 0.443. The minimum absolute atomic E-state index is 0.0906. The standard InChI is InChI=1S/C42H70O4S/c1-4-7-10-13-16-19-22-25-28-37-31-33-40(34-32-37)46-42-39(30-27-24-21-18-15-12-9-6-3)35-38(36-41(42)47(43,44)45)29-26-23-20-17-14-11-8-5-2/h31-36H,4-30H2,1-3H3,(H,43,44,45). The highest BCUT2D eigenvalue weighted by Gasteiger charge is 2.22. The Morgan fingerprint density at radius 1 is 0.489 bits per heavy atom. The van der Waals surface area contributed by atoms with E-state index in [0.717, 1.165) is 56.1 Å². The molecule has 1 N–H and O–H groups in total. The molecule has 0 aliphatic carbocycles. The zero-order valence-electron chi connectivity index (χ0n) is 30.6. The molecule has 5 heteroatoms. The number of unbranched alkanes of at least 4 members (excludes halogenated alkanes) is 21. The Kier molecular flexibility index (Phi) is 22.9. The fourth-order valence-electron chi connectivity index (χ4n) is 6.58. The molecule has 0 radical (unpaired) electrons. The molecule has 4 nitrogen and oxygen atoms in total. The van der Waals surface area contributed by atoms with Gasteiger partial charge in [0.25, 0.3) is 10.1 Å². The van der Waals surface area contributed by atoms with Crippen molar-refractivity contribution in [3.05, 3.63) is 53.1 Å². The van der Waals surface area contributed by atoms with Gasteiger partial charge in [-0.05, 0) is 73.4 Å². The lowest BCUT2D eigenvalue weighted by Crippen LogP contribution is -2.06. The number of benzene rings is 2. The van der Waals surface area contributed by atoms with E-state index in [-0.39, 0.29) is 4.90 Å². The van der Waals surface area contributed by atoms with Gasteiger partial charge in [-0.3, -0.25) is 4.55 Å². The van der Waals surface area contributed by atoms with Crippen molar-refractivity contribution < 1.29 is 17.7 Å². The van der Waals surface area contributed by atoms with Crippen LogP contribution >= 0.6 is 0 Å². The van der Waals surface area contributed by atoms with Crippen molar-refractivity contribution in [2.24, 2.45) is 0 Å². The fraction of sp³-hybridized carbons (Fsp3) is 0.714. The maximum absolute atomic E-state index is 12.7. The maximum Gasteiger partial charge on any atom is 0.298 e. The first kappa shape index (κ1) is 41.3. The molecule has 0 atom stereocenters. The highest BCUT2D eigenvalue weighted by atomic mass is 32.2. The third-order valence-corrected chi connectivity index (χ3v) is 10.4. The van der Waals surface area contributed by atoms with Crippen LogP contribution in [0.3, 0.4) is 0 Å². The summed E-state index contributed by atoms with van der Waals surface area (Å²) in [4.78, 5) is -0.0906. The fourth-order valence-corrected chi connectivity index (χ4v) is 7.29. The molecule has 0 amide bonds. The second kappa shape index (κ2) is 26.1. The molecule has 268 valence electrons. The van der Waals surface area contributed by atoms with E-state index in [1.54, 1.807) is 6.07 Å². The number of hydrogen-bond acceptors (Lipinski definition) is 3. The molecule has 0 aliphatic heterocycles. The first-order chi connectivity index (χ1) is 22.9. The molecule has 47 heavy (non-hydrogen) atoms. The van der Waals surface area contributed by atoms with Gasteiger partial charge in [0.2, 0.25) is 0 Å². The molecular weight excluding hydrogens is 601 g/mol.